The van der Waals surface area contributed by atoms with Crippen LogP contribution >= 0.6 is 0 Å². The minimum Gasteiger partial charge on any atom is -0.491 e. The molecule has 0 saturated carbocycles. The SMILES string of the molecule is CCNC(COc1cccc(CO)c1)C(N)=O. The summed E-state index contributed by atoms with van der Waals surface area (Å²) in [5, 5.41) is 11.9. The number of likely N-dealkylation sites (N-methyl/N-ethyl adjacent to an activating group) is 1. The van der Waals surface area contributed by atoms with Crippen molar-refractivity contribution >= 4 is 5.91 Å². The van der Waals surface area contributed by atoms with E-state index in [2.05, 4.69) is 5.32 Å². The quantitative estimate of drug-likeness (QED) is 0.625. The van der Waals surface area contributed by atoms with E-state index in [1.165, 1.54) is 0 Å². The molecule has 94 valence electrons. The Balaban J connectivity index is 2.55. The van der Waals surface area contributed by atoms with Crippen LogP contribution in [0.2, 0.25) is 0 Å². The van der Waals surface area contributed by atoms with Crippen molar-refractivity contribution in [2.75, 3.05) is 13.2 Å². The Hall–Kier alpha value is -1.59. The molecule has 4 N–H and O–H groups in total. The number of nitrogens with one attached hydrogen (secondary N) is 1. The monoisotopic (exact) mass is 238 g/mol. The highest BCUT2D eigenvalue weighted by Crippen LogP contribution is 2.13. The standard InChI is InChI=1S/C12H18N2O3/c1-2-14-11(12(13)16)8-17-10-5-3-4-9(6-10)7-15/h3-6,11,14-15H,2,7-8H2,1H3,(H2,13,16). The number of carbonyl (C=O) groups excluding carboxylic acids is 1. The maximum Gasteiger partial charge on any atom is 0.238 e. The van der Waals surface area contributed by atoms with E-state index in [4.69, 9.17) is 15.6 Å². The summed E-state index contributed by atoms with van der Waals surface area (Å²) < 4.78 is 5.45. The van der Waals surface area contributed by atoms with Gasteiger partial charge in [0.25, 0.3) is 0 Å². The number of benzene rings is 1. The van der Waals surface area contributed by atoms with Crippen molar-refractivity contribution < 1.29 is 14.6 Å². The molecule has 1 aromatic carbocycles. The molecule has 0 aliphatic rings. The van der Waals surface area contributed by atoms with Gasteiger partial charge in [0.2, 0.25) is 5.91 Å². The van der Waals surface area contributed by atoms with Crippen molar-refractivity contribution in [1.29, 1.82) is 0 Å². The van der Waals surface area contributed by atoms with Gasteiger partial charge in [0.05, 0.1) is 6.61 Å². The minimum atomic E-state index is -0.502. The molecule has 0 aromatic heterocycles. The summed E-state index contributed by atoms with van der Waals surface area (Å²) in [7, 11) is 0. The molecule has 1 atom stereocenters. The second-order valence-electron chi connectivity index (χ2n) is 3.63. The van der Waals surface area contributed by atoms with Crippen molar-refractivity contribution in [1.82, 2.24) is 5.32 Å². The summed E-state index contributed by atoms with van der Waals surface area (Å²) in [5.74, 6) is 0.172. The van der Waals surface area contributed by atoms with Crippen LogP contribution < -0.4 is 15.8 Å². The first-order valence-electron chi connectivity index (χ1n) is 5.52. The molecule has 0 heterocycles. The van der Waals surface area contributed by atoms with Gasteiger partial charge in [0.1, 0.15) is 18.4 Å². The molecule has 0 aliphatic heterocycles. The highest BCUT2D eigenvalue weighted by Gasteiger charge is 2.14. The highest BCUT2D eigenvalue weighted by atomic mass is 16.5. The molecule has 17 heavy (non-hydrogen) atoms. The third-order valence-corrected chi connectivity index (χ3v) is 2.29. The Bertz CT molecular complexity index is 369. The lowest BCUT2D eigenvalue weighted by Crippen LogP contribution is -2.45. The maximum atomic E-state index is 11.1. The van der Waals surface area contributed by atoms with Crippen LogP contribution in [-0.4, -0.2) is 30.2 Å². The number of carbonyl (C=O) groups is 1. The van der Waals surface area contributed by atoms with E-state index in [0.717, 1.165) is 5.56 Å². The van der Waals surface area contributed by atoms with Crippen LogP contribution in [0.15, 0.2) is 24.3 Å². The van der Waals surface area contributed by atoms with Gasteiger partial charge in [-0.15, -0.1) is 0 Å². The number of ether oxygens (including phenoxy) is 1. The molecule has 1 aromatic rings. The number of amides is 1. The predicted molar refractivity (Wildman–Crippen MR) is 64.5 cm³/mol. The summed E-state index contributed by atoms with van der Waals surface area (Å²) in [4.78, 5) is 11.1. The zero-order valence-electron chi connectivity index (χ0n) is 9.85. The van der Waals surface area contributed by atoms with E-state index < -0.39 is 11.9 Å². The normalized spacial score (nSPS) is 12.1. The van der Waals surface area contributed by atoms with Gasteiger partial charge >= 0.3 is 0 Å². The number of hydrogen-bond acceptors (Lipinski definition) is 4. The summed E-state index contributed by atoms with van der Waals surface area (Å²) in [6, 6.07) is 6.57. The van der Waals surface area contributed by atoms with Gasteiger partial charge < -0.3 is 20.9 Å². The summed E-state index contributed by atoms with van der Waals surface area (Å²) in [5.41, 5.74) is 5.99. The molecule has 0 radical (unpaired) electrons. The van der Waals surface area contributed by atoms with Crippen LogP contribution in [-0.2, 0) is 11.4 Å². The molecule has 5 nitrogen and oxygen atoms in total. The number of primary amides is 1. The lowest BCUT2D eigenvalue weighted by atomic mass is 10.2. The first-order valence-corrected chi connectivity index (χ1v) is 5.52. The number of nitrogens with two attached hydrogens (primary N) is 1. The molecule has 5 heteroatoms. The van der Waals surface area contributed by atoms with Gasteiger partial charge in [-0.2, -0.15) is 0 Å². The van der Waals surface area contributed by atoms with Crippen molar-refractivity contribution in [3.63, 3.8) is 0 Å². The van der Waals surface area contributed by atoms with E-state index in [0.29, 0.717) is 12.3 Å². The average Bonchev–Trinajstić information content (AvgIpc) is 2.34. The second-order valence-corrected chi connectivity index (χ2v) is 3.63. The first kappa shape index (κ1) is 13.5. The third-order valence-electron chi connectivity index (χ3n) is 2.29. The fourth-order valence-electron chi connectivity index (χ4n) is 1.40. The van der Waals surface area contributed by atoms with Crippen molar-refractivity contribution in [3.05, 3.63) is 29.8 Å². The Morgan fingerprint density at radius 1 is 1.59 bits per heavy atom. The fourth-order valence-corrected chi connectivity index (χ4v) is 1.40. The van der Waals surface area contributed by atoms with Crippen LogP contribution in [0.25, 0.3) is 0 Å². The van der Waals surface area contributed by atoms with Crippen molar-refractivity contribution in [2.45, 2.75) is 19.6 Å². The van der Waals surface area contributed by atoms with Crippen LogP contribution in [0, 0.1) is 0 Å². The minimum absolute atomic E-state index is 0.0380. The lowest BCUT2D eigenvalue weighted by Gasteiger charge is -2.15. The van der Waals surface area contributed by atoms with Gasteiger partial charge in [0.15, 0.2) is 0 Å². The zero-order chi connectivity index (χ0) is 12.7. The largest absolute Gasteiger partial charge is 0.491 e. The average molecular weight is 238 g/mol. The summed E-state index contributed by atoms with van der Waals surface area (Å²) in [6.45, 7) is 2.68. The molecular weight excluding hydrogens is 220 g/mol. The maximum absolute atomic E-state index is 11.1. The van der Waals surface area contributed by atoms with E-state index in [9.17, 15) is 4.79 Å². The second kappa shape index (κ2) is 6.88. The molecule has 0 fully saturated rings. The van der Waals surface area contributed by atoms with Crippen molar-refractivity contribution in [2.24, 2.45) is 5.73 Å². The van der Waals surface area contributed by atoms with Crippen LogP contribution in [0.5, 0.6) is 5.75 Å². The molecule has 1 unspecified atom stereocenters. The topological polar surface area (TPSA) is 84.6 Å². The number of rotatable bonds is 7. The predicted octanol–water partition coefficient (Wildman–Crippen LogP) is 0.0211. The molecule has 0 spiro atoms. The van der Waals surface area contributed by atoms with E-state index in [1.807, 2.05) is 6.92 Å². The fraction of sp³-hybridized carbons (Fsp3) is 0.417. The van der Waals surface area contributed by atoms with Crippen molar-refractivity contribution in [3.8, 4) is 5.75 Å². The zero-order valence-corrected chi connectivity index (χ0v) is 9.85. The summed E-state index contributed by atoms with van der Waals surface area (Å²) in [6.07, 6.45) is 0. The molecule has 0 saturated heterocycles. The molecule has 1 amide bonds. The van der Waals surface area contributed by atoms with Gasteiger partial charge in [-0.1, -0.05) is 19.1 Å². The molecule has 1 rings (SSSR count). The highest BCUT2D eigenvalue weighted by molar-refractivity contribution is 5.80. The Kier molecular flexibility index (Phi) is 5.45. The molecule has 0 aliphatic carbocycles. The lowest BCUT2D eigenvalue weighted by molar-refractivity contribution is -0.120. The number of aliphatic hydroxyl groups excluding tert-OH is 1. The van der Waals surface area contributed by atoms with Crippen LogP contribution in [0.3, 0.4) is 0 Å². The van der Waals surface area contributed by atoms with Crippen LogP contribution in [0.1, 0.15) is 12.5 Å². The molecular formula is C12H18N2O3. The van der Waals surface area contributed by atoms with Crippen LogP contribution in [0.4, 0.5) is 0 Å². The summed E-state index contributed by atoms with van der Waals surface area (Å²) >= 11 is 0. The number of aliphatic hydroxyl groups is 1. The third kappa shape index (κ3) is 4.42. The smallest absolute Gasteiger partial charge is 0.238 e. The Labute approximate surface area is 101 Å². The van der Waals surface area contributed by atoms with Gasteiger partial charge in [-0.05, 0) is 24.2 Å². The van der Waals surface area contributed by atoms with Gasteiger partial charge in [-0.3, -0.25) is 4.79 Å². The Morgan fingerprint density at radius 3 is 2.94 bits per heavy atom. The van der Waals surface area contributed by atoms with E-state index in [-0.39, 0.29) is 13.2 Å². The van der Waals surface area contributed by atoms with Gasteiger partial charge in [0, 0.05) is 0 Å². The van der Waals surface area contributed by atoms with Gasteiger partial charge in [-0.25, -0.2) is 0 Å². The molecule has 0 bridgehead atoms. The Morgan fingerprint density at radius 2 is 2.35 bits per heavy atom. The van der Waals surface area contributed by atoms with E-state index in [1.54, 1.807) is 24.3 Å². The number of hydrogen-bond donors (Lipinski definition) is 3. The first-order chi connectivity index (χ1) is 8.17. The van der Waals surface area contributed by atoms with E-state index >= 15 is 0 Å².